The molecule has 0 radical (unpaired) electrons. The molecule has 0 aliphatic rings. The highest BCUT2D eigenvalue weighted by Crippen LogP contribution is 2.17. The molecule has 30 heavy (non-hydrogen) atoms. The first kappa shape index (κ1) is 20.5. The minimum absolute atomic E-state index is 0.199. The molecule has 152 valence electrons. The number of rotatable bonds is 6. The van der Waals surface area contributed by atoms with Crippen LogP contribution in [0.4, 0.5) is 16.2 Å². The van der Waals surface area contributed by atoms with Crippen LogP contribution < -0.4 is 15.4 Å². The normalized spacial score (nSPS) is 10.0. The zero-order chi connectivity index (χ0) is 21.3. The summed E-state index contributed by atoms with van der Waals surface area (Å²) in [7, 11) is 0. The fraction of sp³-hybridized carbons (Fsp3) is 0.0952. The van der Waals surface area contributed by atoms with E-state index in [1.807, 2.05) is 0 Å². The van der Waals surface area contributed by atoms with Gasteiger partial charge in [-0.25, -0.2) is 9.78 Å². The number of nitrogens with one attached hydrogen (secondary N) is 2. The zero-order valence-electron chi connectivity index (χ0n) is 16.0. The van der Waals surface area contributed by atoms with Gasteiger partial charge in [-0.15, -0.1) is 0 Å². The Labute approximate surface area is 172 Å². The number of amides is 2. The molecule has 2 aromatic carbocycles. The van der Waals surface area contributed by atoms with Gasteiger partial charge in [0.1, 0.15) is 11.4 Å². The fourth-order valence-corrected chi connectivity index (χ4v) is 2.37. The Kier molecular flexibility index (Phi) is 6.67. The molecule has 0 spiro atoms. The number of nitrogens with zero attached hydrogens (tertiary/aromatic N) is 2. The highest BCUT2D eigenvalue weighted by Gasteiger charge is 2.10. The van der Waals surface area contributed by atoms with E-state index >= 15 is 0 Å². The smallest absolute Gasteiger partial charge is 0.434 e. The van der Waals surface area contributed by atoms with Crippen LogP contribution in [0.15, 0.2) is 67.1 Å². The average molecular weight is 406 g/mol. The van der Waals surface area contributed by atoms with E-state index < -0.39 is 6.16 Å². The second-order valence-corrected chi connectivity index (χ2v) is 5.89. The standard InChI is InChI=1S/C21H18N4O5/c1-2-29-21(28)30-17-9-3-14(4-10-17)19(26)24-15-5-7-16(8-6-15)25-20(27)18-13-22-11-12-23-18/h3-13H,2H2,1H3,(H,24,26)(H,25,27). The van der Waals surface area contributed by atoms with Crippen molar-refractivity contribution in [2.24, 2.45) is 0 Å². The van der Waals surface area contributed by atoms with Crippen molar-refractivity contribution < 1.29 is 23.9 Å². The van der Waals surface area contributed by atoms with E-state index in [0.717, 1.165) is 0 Å². The second-order valence-electron chi connectivity index (χ2n) is 5.89. The summed E-state index contributed by atoms with van der Waals surface area (Å²) in [5.41, 5.74) is 1.67. The molecular formula is C21H18N4O5. The van der Waals surface area contributed by atoms with Gasteiger partial charge in [-0.05, 0) is 55.5 Å². The van der Waals surface area contributed by atoms with Crippen LogP contribution >= 0.6 is 0 Å². The average Bonchev–Trinajstić information content (AvgIpc) is 2.76. The van der Waals surface area contributed by atoms with Gasteiger partial charge in [0.15, 0.2) is 0 Å². The van der Waals surface area contributed by atoms with Crippen LogP contribution in [0.2, 0.25) is 0 Å². The van der Waals surface area contributed by atoms with Gasteiger partial charge in [0.05, 0.1) is 12.8 Å². The van der Waals surface area contributed by atoms with Crippen molar-refractivity contribution in [3.63, 3.8) is 0 Å². The first-order valence-corrected chi connectivity index (χ1v) is 8.98. The van der Waals surface area contributed by atoms with Crippen LogP contribution in [0.3, 0.4) is 0 Å². The Morgan fingerprint density at radius 1 is 0.867 bits per heavy atom. The number of benzene rings is 2. The third-order valence-electron chi connectivity index (χ3n) is 3.78. The molecule has 2 amide bonds. The quantitative estimate of drug-likeness (QED) is 0.475. The Morgan fingerprint density at radius 2 is 1.50 bits per heavy atom. The fourth-order valence-electron chi connectivity index (χ4n) is 2.37. The van der Waals surface area contributed by atoms with Crippen molar-refractivity contribution in [1.29, 1.82) is 0 Å². The molecule has 9 heteroatoms. The lowest BCUT2D eigenvalue weighted by Gasteiger charge is -2.08. The van der Waals surface area contributed by atoms with Crippen LogP contribution in [0.5, 0.6) is 5.75 Å². The Balaban J connectivity index is 1.56. The lowest BCUT2D eigenvalue weighted by Crippen LogP contribution is -2.14. The maximum Gasteiger partial charge on any atom is 0.513 e. The van der Waals surface area contributed by atoms with Crippen LogP contribution in [0.1, 0.15) is 27.8 Å². The molecule has 0 bridgehead atoms. The molecule has 0 saturated carbocycles. The SMILES string of the molecule is CCOC(=O)Oc1ccc(C(=O)Nc2ccc(NC(=O)c3cnccn3)cc2)cc1. The number of hydrogen-bond acceptors (Lipinski definition) is 7. The van der Waals surface area contributed by atoms with Crippen molar-refractivity contribution in [1.82, 2.24) is 9.97 Å². The molecule has 0 unspecified atom stereocenters. The van der Waals surface area contributed by atoms with Gasteiger partial charge in [0.25, 0.3) is 11.8 Å². The van der Waals surface area contributed by atoms with Crippen LogP contribution in [0.25, 0.3) is 0 Å². The minimum Gasteiger partial charge on any atom is -0.434 e. The number of carbonyl (C=O) groups excluding carboxylic acids is 3. The summed E-state index contributed by atoms with van der Waals surface area (Å²) in [5, 5.41) is 5.44. The van der Waals surface area contributed by atoms with E-state index in [1.165, 1.54) is 42.9 Å². The predicted molar refractivity (Wildman–Crippen MR) is 108 cm³/mol. The van der Waals surface area contributed by atoms with E-state index in [4.69, 9.17) is 4.74 Å². The molecule has 0 fully saturated rings. The first-order valence-electron chi connectivity index (χ1n) is 8.98. The molecule has 9 nitrogen and oxygen atoms in total. The third kappa shape index (κ3) is 5.61. The van der Waals surface area contributed by atoms with Crippen molar-refractivity contribution in [2.45, 2.75) is 6.92 Å². The summed E-state index contributed by atoms with van der Waals surface area (Å²) in [4.78, 5) is 43.5. The van der Waals surface area contributed by atoms with Gasteiger partial charge >= 0.3 is 6.16 Å². The summed E-state index contributed by atoms with van der Waals surface area (Å²) in [6, 6.07) is 12.7. The summed E-state index contributed by atoms with van der Waals surface area (Å²) in [6.07, 6.45) is 3.48. The van der Waals surface area contributed by atoms with Crippen molar-refractivity contribution in [3.05, 3.63) is 78.4 Å². The van der Waals surface area contributed by atoms with Gasteiger partial charge in [0.2, 0.25) is 0 Å². The lowest BCUT2D eigenvalue weighted by molar-refractivity contribution is 0.101. The number of aromatic nitrogens is 2. The number of carbonyl (C=O) groups is 3. The van der Waals surface area contributed by atoms with Gasteiger partial charge < -0.3 is 20.1 Å². The largest absolute Gasteiger partial charge is 0.513 e. The van der Waals surface area contributed by atoms with Crippen molar-refractivity contribution in [3.8, 4) is 5.75 Å². The van der Waals surface area contributed by atoms with Gasteiger partial charge in [-0.2, -0.15) is 0 Å². The Bertz CT molecular complexity index is 1020. The molecule has 0 saturated heterocycles. The number of anilines is 2. The maximum absolute atomic E-state index is 12.4. The van der Waals surface area contributed by atoms with Crippen LogP contribution in [-0.2, 0) is 4.74 Å². The molecule has 0 aliphatic heterocycles. The Morgan fingerprint density at radius 3 is 2.07 bits per heavy atom. The molecule has 0 atom stereocenters. The second kappa shape index (κ2) is 9.78. The van der Waals surface area contributed by atoms with Crippen molar-refractivity contribution >= 4 is 29.3 Å². The monoisotopic (exact) mass is 406 g/mol. The highest BCUT2D eigenvalue weighted by molar-refractivity contribution is 6.05. The number of ether oxygens (including phenoxy) is 2. The minimum atomic E-state index is -0.804. The van der Waals surface area contributed by atoms with Gasteiger partial charge in [-0.3, -0.25) is 14.6 Å². The maximum atomic E-state index is 12.4. The highest BCUT2D eigenvalue weighted by atomic mass is 16.7. The van der Waals surface area contributed by atoms with E-state index in [0.29, 0.717) is 16.9 Å². The first-order chi connectivity index (χ1) is 14.5. The molecular weight excluding hydrogens is 388 g/mol. The van der Waals surface area contributed by atoms with E-state index in [2.05, 4.69) is 25.3 Å². The van der Waals surface area contributed by atoms with Crippen LogP contribution in [0, 0.1) is 0 Å². The molecule has 0 aliphatic carbocycles. The molecule has 3 rings (SSSR count). The van der Waals surface area contributed by atoms with Gasteiger partial charge in [-0.1, -0.05) is 0 Å². The molecule has 1 aromatic heterocycles. The summed E-state index contributed by atoms with van der Waals surface area (Å²) >= 11 is 0. The van der Waals surface area contributed by atoms with Crippen molar-refractivity contribution in [2.75, 3.05) is 17.2 Å². The summed E-state index contributed by atoms with van der Waals surface area (Å²) in [5.74, 6) is -0.452. The zero-order valence-corrected chi connectivity index (χ0v) is 16.0. The lowest BCUT2D eigenvalue weighted by atomic mass is 10.2. The van der Waals surface area contributed by atoms with E-state index in [9.17, 15) is 14.4 Å². The molecule has 2 N–H and O–H groups in total. The topological polar surface area (TPSA) is 120 Å². The predicted octanol–water partition coefficient (Wildman–Crippen LogP) is 3.52. The van der Waals surface area contributed by atoms with E-state index in [1.54, 1.807) is 31.2 Å². The Hall–Kier alpha value is -4.27. The summed E-state index contributed by atoms with van der Waals surface area (Å²) in [6.45, 7) is 1.88. The van der Waals surface area contributed by atoms with Gasteiger partial charge in [0, 0.05) is 29.3 Å². The summed E-state index contributed by atoms with van der Waals surface area (Å²) < 4.78 is 9.64. The molecule has 3 aromatic rings. The molecule has 1 heterocycles. The van der Waals surface area contributed by atoms with E-state index in [-0.39, 0.29) is 29.9 Å². The third-order valence-corrected chi connectivity index (χ3v) is 3.78. The van der Waals surface area contributed by atoms with Crippen LogP contribution in [-0.4, -0.2) is 34.5 Å². The number of hydrogen-bond donors (Lipinski definition) is 2.